The monoisotopic (exact) mass is 206 g/mol. The van der Waals surface area contributed by atoms with Crippen molar-refractivity contribution in [1.29, 1.82) is 0 Å². The number of nitrogens with zero attached hydrogens (tertiary/aromatic N) is 1. The van der Waals surface area contributed by atoms with Crippen LogP contribution in [0.5, 0.6) is 0 Å². The SMILES string of the molecule is CSC1=Nc2ccccc2NC(C)C1. The third-order valence-electron chi connectivity index (χ3n) is 2.27. The van der Waals surface area contributed by atoms with Crippen molar-refractivity contribution in [2.45, 2.75) is 19.4 Å². The van der Waals surface area contributed by atoms with Crippen LogP contribution in [0.15, 0.2) is 29.3 Å². The van der Waals surface area contributed by atoms with Crippen LogP contribution in [0.2, 0.25) is 0 Å². The summed E-state index contributed by atoms with van der Waals surface area (Å²) >= 11 is 1.74. The van der Waals surface area contributed by atoms with Gasteiger partial charge in [-0.05, 0) is 25.3 Å². The number of aliphatic imine (C=N–C) groups is 1. The summed E-state index contributed by atoms with van der Waals surface area (Å²) in [6.45, 7) is 2.19. The lowest BCUT2D eigenvalue weighted by molar-refractivity contribution is 0.849. The van der Waals surface area contributed by atoms with Crippen molar-refractivity contribution in [3.63, 3.8) is 0 Å². The number of para-hydroxylation sites is 2. The van der Waals surface area contributed by atoms with E-state index >= 15 is 0 Å². The molecule has 0 radical (unpaired) electrons. The molecule has 0 fully saturated rings. The molecule has 0 spiro atoms. The number of nitrogens with one attached hydrogen (secondary N) is 1. The van der Waals surface area contributed by atoms with Gasteiger partial charge in [0, 0.05) is 12.5 Å². The van der Waals surface area contributed by atoms with Gasteiger partial charge in [0.2, 0.25) is 0 Å². The van der Waals surface area contributed by atoms with Gasteiger partial charge >= 0.3 is 0 Å². The van der Waals surface area contributed by atoms with Gasteiger partial charge in [0.25, 0.3) is 0 Å². The number of fused-ring (bicyclic) bond motifs is 1. The average Bonchev–Trinajstić information content (AvgIpc) is 2.35. The van der Waals surface area contributed by atoms with Crippen LogP contribution in [0, 0.1) is 0 Å². The van der Waals surface area contributed by atoms with E-state index in [-0.39, 0.29) is 0 Å². The maximum Gasteiger partial charge on any atom is 0.0870 e. The van der Waals surface area contributed by atoms with Crippen molar-refractivity contribution in [2.75, 3.05) is 11.6 Å². The second-order valence-corrected chi connectivity index (χ2v) is 4.36. The minimum absolute atomic E-state index is 0.463. The Kier molecular flexibility index (Phi) is 2.77. The Bertz CT molecular complexity index is 360. The molecule has 3 heteroatoms. The fraction of sp³-hybridized carbons (Fsp3) is 0.364. The summed E-state index contributed by atoms with van der Waals surface area (Å²) in [6.07, 6.45) is 3.09. The molecule has 0 bridgehead atoms. The number of hydrogen-bond donors (Lipinski definition) is 1. The van der Waals surface area contributed by atoms with Crippen molar-refractivity contribution < 1.29 is 0 Å². The molecular weight excluding hydrogens is 192 g/mol. The van der Waals surface area contributed by atoms with Gasteiger partial charge in [-0.15, -0.1) is 11.8 Å². The Morgan fingerprint density at radius 1 is 1.43 bits per heavy atom. The highest BCUT2D eigenvalue weighted by molar-refractivity contribution is 8.13. The molecule has 1 aliphatic heterocycles. The van der Waals surface area contributed by atoms with Crippen LogP contribution in [-0.2, 0) is 0 Å². The van der Waals surface area contributed by atoms with Crippen LogP contribution in [0.1, 0.15) is 13.3 Å². The predicted molar refractivity (Wildman–Crippen MR) is 64.8 cm³/mol. The van der Waals surface area contributed by atoms with Crippen LogP contribution >= 0.6 is 11.8 Å². The molecule has 14 heavy (non-hydrogen) atoms. The fourth-order valence-corrected chi connectivity index (χ4v) is 2.19. The number of thioether (sulfide) groups is 1. The maximum atomic E-state index is 4.63. The molecule has 0 saturated carbocycles. The number of hydrogen-bond acceptors (Lipinski definition) is 3. The van der Waals surface area contributed by atoms with Gasteiger partial charge in [-0.2, -0.15) is 0 Å². The van der Waals surface area contributed by atoms with Crippen molar-refractivity contribution in [1.82, 2.24) is 0 Å². The van der Waals surface area contributed by atoms with Crippen LogP contribution in [0.3, 0.4) is 0 Å². The molecule has 1 N–H and O–H groups in total. The minimum Gasteiger partial charge on any atom is -0.380 e. The van der Waals surface area contributed by atoms with E-state index in [1.165, 1.54) is 5.04 Å². The molecule has 0 saturated heterocycles. The minimum atomic E-state index is 0.463. The summed E-state index contributed by atoms with van der Waals surface area (Å²) in [5.41, 5.74) is 2.20. The quantitative estimate of drug-likeness (QED) is 0.704. The van der Waals surface area contributed by atoms with Gasteiger partial charge < -0.3 is 5.32 Å². The zero-order chi connectivity index (χ0) is 9.97. The summed E-state index contributed by atoms with van der Waals surface area (Å²) in [6, 6.07) is 8.66. The molecule has 1 atom stereocenters. The zero-order valence-corrected chi connectivity index (χ0v) is 9.27. The normalized spacial score (nSPS) is 20.4. The van der Waals surface area contributed by atoms with Gasteiger partial charge in [-0.1, -0.05) is 12.1 Å². The summed E-state index contributed by atoms with van der Waals surface area (Å²) < 4.78 is 0. The van der Waals surface area contributed by atoms with Crippen molar-refractivity contribution in [3.05, 3.63) is 24.3 Å². The van der Waals surface area contributed by atoms with Crippen molar-refractivity contribution in [3.8, 4) is 0 Å². The zero-order valence-electron chi connectivity index (χ0n) is 8.45. The molecule has 0 aliphatic carbocycles. The number of benzene rings is 1. The first-order chi connectivity index (χ1) is 6.79. The predicted octanol–water partition coefficient (Wildman–Crippen LogP) is 3.28. The van der Waals surface area contributed by atoms with Crippen LogP contribution in [0.4, 0.5) is 11.4 Å². The molecule has 0 amide bonds. The van der Waals surface area contributed by atoms with Crippen molar-refractivity contribution in [2.24, 2.45) is 4.99 Å². The summed E-state index contributed by atoms with van der Waals surface area (Å²) in [5.74, 6) is 0. The summed E-state index contributed by atoms with van der Waals surface area (Å²) in [5, 5.41) is 4.66. The van der Waals surface area contributed by atoms with E-state index in [1.807, 2.05) is 12.1 Å². The lowest BCUT2D eigenvalue weighted by Gasteiger charge is -2.12. The summed E-state index contributed by atoms with van der Waals surface area (Å²) in [4.78, 5) is 4.63. The third-order valence-corrected chi connectivity index (χ3v) is 3.00. The molecule has 2 nitrogen and oxygen atoms in total. The molecular formula is C11H14N2S. The highest BCUT2D eigenvalue weighted by Gasteiger charge is 2.13. The lowest BCUT2D eigenvalue weighted by Crippen LogP contribution is -2.16. The molecule has 1 aliphatic rings. The molecule has 1 aromatic carbocycles. The van der Waals surface area contributed by atoms with Crippen molar-refractivity contribution >= 4 is 28.2 Å². The van der Waals surface area contributed by atoms with E-state index < -0.39 is 0 Å². The van der Waals surface area contributed by atoms with Gasteiger partial charge in [-0.3, -0.25) is 0 Å². The Morgan fingerprint density at radius 3 is 3.00 bits per heavy atom. The molecule has 74 valence electrons. The van der Waals surface area contributed by atoms with E-state index in [9.17, 15) is 0 Å². The van der Waals surface area contributed by atoms with E-state index in [0.29, 0.717) is 6.04 Å². The topological polar surface area (TPSA) is 24.4 Å². The largest absolute Gasteiger partial charge is 0.380 e. The fourth-order valence-electron chi connectivity index (χ4n) is 1.58. The Balaban J connectivity index is 2.42. The molecule has 2 rings (SSSR count). The second-order valence-electron chi connectivity index (χ2n) is 3.48. The average molecular weight is 206 g/mol. The molecule has 1 heterocycles. The lowest BCUT2D eigenvalue weighted by atomic mass is 10.2. The Morgan fingerprint density at radius 2 is 2.21 bits per heavy atom. The highest BCUT2D eigenvalue weighted by Crippen LogP contribution is 2.30. The third kappa shape index (κ3) is 1.93. The smallest absolute Gasteiger partial charge is 0.0870 e. The Hall–Kier alpha value is -0.960. The maximum absolute atomic E-state index is 4.63. The highest BCUT2D eigenvalue weighted by atomic mass is 32.2. The number of anilines is 1. The van der Waals surface area contributed by atoms with E-state index in [0.717, 1.165) is 17.8 Å². The second kappa shape index (κ2) is 4.05. The Labute approximate surface area is 88.8 Å². The molecule has 1 aromatic rings. The van der Waals surface area contributed by atoms with Crippen LogP contribution in [0.25, 0.3) is 0 Å². The first-order valence-electron chi connectivity index (χ1n) is 4.76. The van der Waals surface area contributed by atoms with Crippen LogP contribution < -0.4 is 5.32 Å². The molecule has 0 aromatic heterocycles. The number of rotatable bonds is 0. The van der Waals surface area contributed by atoms with Gasteiger partial charge in [0.15, 0.2) is 0 Å². The first-order valence-corrected chi connectivity index (χ1v) is 5.99. The standard InChI is InChI=1S/C11H14N2S/c1-8-7-11(14-2)13-10-6-4-3-5-9(10)12-8/h3-6,8,12H,7H2,1-2H3. The van der Waals surface area contributed by atoms with E-state index in [1.54, 1.807) is 11.8 Å². The van der Waals surface area contributed by atoms with Gasteiger partial charge in [-0.25, -0.2) is 4.99 Å². The van der Waals surface area contributed by atoms with E-state index in [4.69, 9.17) is 0 Å². The van der Waals surface area contributed by atoms with E-state index in [2.05, 4.69) is 35.6 Å². The van der Waals surface area contributed by atoms with Gasteiger partial charge in [0.1, 0.15) is 0 Å². The van der Waals surface area contributed by atoms with Gasteiger partial charge in [0.05, 0.1) is 16.4 Å². The molecule has 1 unspecified atom stereocenters. The summed E-state index contributed by atoms with van der Waals surface area (Å²) in [7, 11) is 0. The van der Waals surface area contributed by atoms with Crippen LogP contribution in [-0.4, -0.2) is 17.3 Å². The first kappa shape index (κ1) is 9.59.